The Bertz CT molecular complexity index is 613. The zero-order chi connectivity index (χ0) is 14.7. The summed E-state index contributed by atoms with van der Waals surface area (Å²) in [6.07, 6.45) is 0.720. The maximum atomic E-state index is 13.3. The molecular weight excluding hydrogens is 296 g/mol. The van der Waals surface area contributed by atoms with Crippen LogP contribution < -0.4 is 5.32 Å². The lowest BCUT2D eigenvalue weighted by molar-refractivity contribution is 0.583. The highest BCUT2D eigenvalue weighted by atomic mass is 35.5. The number of hydrogen-bond donors (Lipinski definition) is 1. The van der Waals surface area contributed by atoms with Crippen molar-refractivity contribution in [2.75, 3.05) is 7.05 Å². The van der Waals surface area contributed by atoms with Crippen LogP contribution in [0.25, 0.3) is 0 Å². The van der Waals surface area contributed by atoms with Gasteiger partial charge in [0.25, 0.3) is 0 Å². The van der Waals surface area contributed by atoms with Gasteiger partial charge in [0.2, 0.25) is 0 Å². The highest BCUT2D eigenvalue weighted by Crippen LogP contribution is 2.26. The minimum Gasteiger partial charge on any atom is -0.313 e. The Labute approximate surface area is 128 Å². The molecular formula is C16H16Cl2FN. The van der Waals surface area contributed by atoms with Gasteiger partial charge < -0.3 is 5.32 Å². The predicted octanol–water partition coefficient (Wildman–Crippen LogP) is 4.94. The Morgan fingerprint density at radius 3 is 2.50 bits per heavy atom. The second-order valence-corrected chi connectivity index (χ2v) is 5.63. The van der Waals surface area contributed by atoms with Crippen LogP contribution in [0.4, 0.5) is 4.39 Å². The van der Waals surface area contributed by atoms with Crippen molar-refractivity contribution in [3.63, 3.8) is 0 Å². The van der Waals surface area contributed by atoms with E-state index in [1.54, 1.807) is 19.1 Å². The van der Waals surface area contributed by atoms with Gasteiger partial charge in [0, 0.05) is 16.1 Å². The molecule has 0 saturated heterocycles. The number of benzene rings is 2. The van der Waals surface area contributed by atoms with Gasteiger partial charge in [0.15, 0.2) is 0 Å². The van der Waals surface area contributed by atoms with Crippen LogP contribution in [0.2, 0.25) is 10.0 Å². The maximum Gasteiger partial charge on any atom is 0.126 e. The van der Waals surface area contributed by atoms with E-state index < -0.39 is 0 Å². The molecule has 1 nitrogen and oxygen atoms in total. The molecule has 0 aromatic heterocycles. The standard InChI is InChI=1S/C16H16Cl2FN/c1-10-7-12(4-6-15(10)19)16(20-2)8-11-3-5-13(17)9-14(11)18/h3-7,9,16,20H,8H2,1-2H3. The lowest BCUT2D eigenvalue weighted by Gasteiger charge is -2.18. The lowest BCUT2D eigenvalue weighted by Crippen LogP contribution is -2.19. The average Bonchev–Trinajstić information content (AvgIpc) is 2.41. The second kappa shape index (κ2) is 6.57. The molecule has 106 valence electrons. The summed E-state index contributed by atoms with van der Waals surface area (Å²) in [5, 5.41) is 4.51. The van der Waals surface area contributed by atoms with E-state index in [9.17, 15) is 4.39 Å². The van der Waals surface area contributed by atoms with E-state index in [1.807, 2.05) is 25.2 Å². The van der Waals surface area contributed by atoms with Crippen molar-refractivity contribution in [2.24, 2.45) is 0 Å². The van der Waals surface area contributed by atoms with Crippen LogP contribution in [0.1, 0.15) is 22.7 Å². The molecule has 1 unspecified atom stereocenters. The molecule has 0 aliphatic rings. The van der Waals surface area contributed by atoms with Gasteiger partial charge in [0.1, 0.15) is 5.82 Å². The van der Waals surface area contributed by atoms with Gasteiger partial charge in [-0.1, -0.05) is 41.4 Å². The Morgan fingerprint density at radius 2 is 1.90 bits per heavy atom. The molecule has 0 radical (unpaired) electrons. The molecule has 0 aliphatic carbocycles. The van der Waals surface area contributed by atoms with Crippen molar-refractivity contribution >= 4 is 23.2 Å². The smallest absolute Gasteiger partial charge is 0.126 e. The Morgan fingerprint density at radius 1 is 1.15 bits per heavy atom. The minimum atomic E-state index is -0.187. The van der Waals surface area contributed by atoms with Crippen molar-refractivity contribution in [2.45, 2.75) is 19.4 Å². The fraction of sp³-hybridized carbons (Fsp3) is 0.250. The van der Waals surface area contributed by atoms with Gasteiger partial charge in [-0.05, 0) is 55.3 Å². The van der Waals surface area contributed by atoms with Crippen LogP contribution in [0.15, 0.2) is 36.4 Å². The van der Waals surface area contributed by atoms with Crippen LogP contribution in [0, 0.1) is 12.7 Å². The summed E-state index contributed by atoms with van der Waals surface area (Å²) in [6, 6.07) is 10.7. The minimum absolute atomic E-state index is 0.0768. The van der Waals surface area contributed by atoms with Crippen LogP contribution >= 0.6 is 23.2 Å². The molecule has 0 aliphatic heterocycles. The third kappa shape index (κ3) is 3.51. The molecule has 4 heteroatoms. The number of rotatable bonds is 4. The largest absolute Gasteiger partial charge is 0.313 e. The van der Waals surface area contributed by atoms with Crippen molar-refractivity contribution in [1.82, 2.24) is 5.32 Å². The predicted molar refractivity (Wildman–Crippen MR) is 83.1 cm³/mol. The monoisotopic (exact) mass is 311 g/mol. The molecule has 0 fully saturated rings. The van der Waals surface area contributed by atoms with Crippen LogP contribution in [0.5, 0.6) is 0 Å². The van der Waals surface area contributed by atoms with Gasteiger partial charge in [-0.15, -0.1) is 0 Å². The molecule has 0 saturated carbocycles. The van der Waals surface area contributed by atoms with E-state index in [2.05, 4.69) is 5.32 Å². The number of hydrogen-bond acceptors (Lipinski definition) is 1. The van der Waals surface area contributed by atoms with Crippen molar-refractivity contribution in [1.29, 1.82) is 0 Å². The van der Waals surface area contributed by atoms with Crippen LogP contribution in [-0.2, 0) is 6.42 Å². The summed E-state index contributed by atoms with van der Waals surface area (Å²) in [4.78, 5) is 0. The van der Waals surface area contributed by atoms with Gasteiger partial charge in [0.05, 0.1) is 0 Å². The molecule has 2 rings (SSSR count). The van der Waals surface area contributed by atoms with E-state index in [1.165, 1.54) is 6.07 Å². The lowest BCUT2D eigenvalue weighted by atomic mass is 9.97. The zero-order valence-electron chi connectivity index (χ0n) is 11.4. The van der Waals surface area contributed by atoms with Crippen molar-refractivity contribution in [3.8, 4) is 0 Å². The molecule has 1 atom stereocenters. The fourth-order valence-electron chi connectivity index (χ4n) is 2.18. The van der Waals surface area contributed by atoms with E-state index >= 15 is 0 Å². The first-order valence-electron chi connectivity index (χ1n) is 6.38. The quantitative estimate of drug-likeness (QED) is 0.843. The molecule has 20 heavy (non-hydrogen) atoms. The van der Waals surface area contributed by atoms with Crippen molar-refractivity contribution in [3.05, 3.63) is 69.0 Å². The Balaban J connectivity index is 2.26. The van der Waals surface area contributed by atoms with Gasteiger partial charge >= 0.3 is 0 Å². The van der Waals surface area contributed by atoms with E-state index in [-0.39, 0.29) is 11.9 Å². The SMILES string of the molecule is CNC(Cc1ccc(Cl)cc1Cl)c1ccc(F)c(C)c1. The molecule has 2 aromatic carbocycles. The molecule has 0 bridgehead atoms. The first kappa shape index (κ1) is 15.3. The summed E-state index contributed by atoms with van der Waals surface area (Å²) in [7, 11) is 1.88. The zero-order valence-corrected chi connectivity index (χ0v) is 12.9. The molecule has 1 N–H and O–H groups in total. The second-order valence-electron chi connectivity index (χ2n) is 4.79. The maximum absolute atomic E-state index is 13.3. The molecule has 0 heterocycles. The third-order valence-electron chi connectivity index (χ3n) is 3.37. The van der Waals surface area contributed by atoms with Gasteiger partial charge in [-0.3, -0.25) is 0 Å². The van der Waals surface area contributed by atoms with E-state index in [4.69, 9.17) is 23.2 Å². The van der Waals surface area contributed by atoms with Gasteiger partial charge in [-0.2, -0.15) is 0 Å². The highest BCUT2D eigenvalue weighted by Gasteiger charge is 2.13. The van der Waals surface area contributed by atoms with Crippen LogP contribution in [0.3, 0.4) is 0 Å². The van der Waals surface area contributed by atoms with Gasteiger partial charge in [-0.25, -0.2) is 4.39 Å². The van der Waals surface area contributed by atoms with E-state index in [0.717, 1.165) is 17.5 Å². The highest BCUT2D eigenvalue weighted by molar-refractivity contribution is 6.35. The molecule has 0 amide bonds. The van der Waals surface area contributed by atoms with Crippen LogP contribution in [-0.4, -0.2) is 7.05 Å². The summed E-state index contributed by atoms with van der Waals surface area (Å²) < 4.78 is 13.3. The first-order chi connectivity index (χ1) is 9.51. The molecule has 2 aromatic rings. The molecule has 0 spiro atoms. The summed E-state index contributed by atoms with van der Waals surface area (Å²) >= 11 is 12.1. The number of nitrogens with one attached hydrogen (secondary N) is 1. The average molecular weight is 312 g/mol. The third-order valence-corrected chi connectivity index (χ3v) is 3.96. The topological polar surface area (TPSA) is 12.0 Å². The van der Waals surface area contributed by atoms with Crippen molar-refractivity contribution < 1.29 is 4.39 Å². The Kier molecular flexibility index (Phi) is 5.03. The van der Waals surface area contributed by atoms with E-state index in [0.29, 0.717) is 15.6 Å². The first-order valence-corrected chi connectivity index (χ1v) is 7.14. The summed E-state index contributed by atoms with van der Waals surface area (Å²) in [5.74, 6) is -0.187. The summed E-state index contributed by atoms with van der Waals surface area (Å²) in [5.41, 5.74) is 2.69. The number of halogens is 3. The number of likely N-dealkylation sites (N-methyl/N-ethyl adjacent to an activating group) is 1. The number of aryl methyl sites for hydroxylation is 1. The fourth-order valence-corrected chi connectivity index (χ4v) is 2.66. The normalized spacial score (nSPS) is 12.4. The Hall–Kier alpha value is -1.09. The summed E-state index contributed by atoms with van der Waals surface area (Å²) in [6.45, 7) is 1.76.